The van der Waals surface area contributed by atoms with E-state index in [-0.39, 0.29) is 13.8 Å². The number of aromatic nitrogens is 1. The van der Waals surface area contributed by atoms with Gasteiger partial charge in [-0.15, -0.1) is 0 Å². The van der Waals surface area contributed by atoms with Crippen LogP contribution in [-0.2, 0) is 12.8 Å². The number of hydrogen-bond acceptors (Lipinski definition) is 1. The first-order chi connectivity index (χ1) is 7.85. The van der Waals surface area contributed by atoms with Crippen LogP contribution in [0.5, 0.6) is 0 Å². The Hall–Kier alpha value is -0.990. The number of fused-ring (bicyclic) bond motifs is 1. The average Bonchev–Trinajstić information content (AvgIpc) is 2.70. The van der Waals surface area contributed by atoms with Crippen LogP contribution in [0.25, 0.3) is 10.9 Å². The summed E-state index contributed by atoms with van der Waals surface area (Å²) >= 11 is 0. The summed E-state index contributed by atoms with van der Waals surface area (Å²) in [7, 11) is 0. The van der Waals surface area contributed by atoms with Gasteiger partial charge in [-0.25, -0.2) is 0 Å². The number of aromatic amines is 1. The molecule has 1 aromatic heterocycles. The van der Waals surface area contributed by atoms with Crippen LogP contribution in [0.1, 0.15) is 32.3 Å². The van der Waals surface area contributed by atoms with Crippen molar-refractivity contribution in [1.29, 1.82) is 0 Å². The minimum Gasteiger partial charge on any atom is -1.00 e. The normalized spacial score (nSPS) is 10.5. The second-order valence-electron chi connectivity index (χ2n) is 4.34. The molecule has 0 spiro atoms. The van der Waals surface area contributed by atoms with Crippen LogP contribution < -0.4 is 18.1 Å². The molecule has 0 bridgehead atoms. The molecule has 3 N–H and O–H groups in total. The smallest absolute Gasteiger partial charge is 1.00 e. The van der Waals surface area contributed by atoms with Gasteiger partial charge in [-0.2, -0.15) is 0 Å². The summed E-state index contributed by atoms with van der Waals surface area (Å²) in [6.07, 6.45) is 6.74. The Morgan fingerprint density at radius 2 is 2.12 bits per heavy atom. The highest BCUT2D eigenvalue weighted by Gasteiger charge is 2.03. The van der Waals surface area contributed by atoms with Crippen LogP contribution >= 0.6 is 0 Å². The van der Waals surface area contributed by atoms with E-state index in [0.717, 1.165) is 6.42 Å². The predicted molar refractivity (Wildman–Crippen MR) is 70.8 cm³/mol. The van der Waals surface area contributed by atoms with Gasteiger partial charge in [0.05, 0.1) is 0 Å². The molecule has 1 aromatic carbocycles. The molecule has 0 amide bonds. The van der Waals surface area contributed by atoms with Gasteiger partial charge in [-0.1, -0.05) is 19.4 Å². The summed E-state index contributed by atoms with van der Waals surface area (Å²) in [5.74, 6) is 0. The molecule has 0 aliphatic rings. The molecule has 0 aliphatic carbocycles. The molecule has 0 saturated carbocycles. The predicted octanol–water partition coefficient (Wildman–Crippen LogP) is 0.128. The second-order valence-corrected chi connectivity index (χ2v) is 4.34. The summed E-state index contributed by atoms with van der Waals surface area (Å²) in [5, 5.41) is 1.35. The van der Waals surface area contributed by atoms with E-state index < -0.39 is 0 Å². The monoisotopic (exact) mass is 252 g/mol. The number of hydrogen-bond donors (Lipinski definition) is 2. The number of rotatable bonds is 5. The first-order valence-electron chi connectivity index (χ1n) is 6.14. The van der Waals surface area contributed by atoms with Crippen molar-refractivity contribution in [3.63, 3.8) is 0 Å². The molecule has 0 unspecified atom stereocenters. The Bertz CT molecular complexity index is 468. The summed E-state index contributed by atoms with van der Waals surface area (Å²) in [5.41, 5.74) is 9.62. The molecule has 0 aliphatic heterocycles. The minimum atomic E-state index is 0. The van der Waals surface area contributed by atoms with Crippen molar-refractivity contribution < 1.29 is 13.8 Å². The third-order valence-electron chi connectivity index (χ3n) is 3.06. The fourth-order valence-corrected chi connectivity index (χ4v) is 2.12. The van der Waals surface area contributed by atoms with Gasteiger partial charge in [0.15, 0.2) is 0 Å². The first kappa shape index (κ1) is 14.1. The molecular formula is C14H21ClN2. The van der Waals surface area contributed by atoms with E-state index in [9.17, 15) is 0 Å². The molecule has 0 saturated heterocycles. The van der Waals surface area contributed by atoms with Gasteiger partial charge < -0.3 is 23.1 Å². The summed E-state index contributed by atoms with van der Waals surface area (Å²) in [4.78, 5) is 3.30. The maximum atomic E-state index is 5.62. The first-order valence-corrected chi connectivity index (χ1v) is 6.14. The number of nitrogens with two attached hydrogens (primary N) is 1. The molecule has 3 heteroatoms. The minimum absolute atomic E-state index is 0. The molecule has 1 heterocycles. The molecule has 0 radical (unpaired) electrons. The molecule has 2 rings (SSSR count). The largest absolute Gasteiger partial charge is 1.00 e. The van der Waals surface area contributed by atoms with E-state index in [4.69, 9.17) is 5.73 Å². The Labute approximate surface area is 110 Å². The summed E-state index contributed by atoms with van der Waals surface area (Å²) < 4.78 is 0. The zero-order valence-electron chi connectivity index (χ0n) is 11.3. The number of nitrogens with one attached hydrogen (secondary N) is 1. The number of benzene rings is 1. The van der Waals surface area contributed by atoms with E-state index in [1.54, 1.807) is 0 Å². The molecule has 0 atom stereocenters. The van der Waals surface area contributed by atoms with Crippen molar-refractivity contribution in [3.8, 4) is 0 Å². The SMILES string of the molecule is CCCCc1ccc2[nH]cc(CCN)c2c1.[Cl-].[H+]. The van der Waals surface area contributed by atoms with E-state index >= 15 is 0 Å². The van der Waals surface area contributed by atoms with E-state index in [0.29, 0.717) is 6.54 Å². The van der Waals surface area contributed by atoms with Crippen LogP contribution in [0, 0.1) is 0 Å². The Morgan fingerprint density at radius 3 is 2.82 bits per heavy atom. The third kappa shape index (κ3) is 3.24. The van der Waals surface area contributed by atoms with Gasteiger partial charge in [-0.05, 0) is 49.1 Å². The highest BCUT2D eigenvalue weighted by atomic mass is 35.5. The zero-order valence-corrected chi connectivity index (χ0v) is 11.1. The number of H-pyrrole nitrogens is 1. The quantitative estimate of drug-likeness (QED) is 0.781. The van der Waals surface area contributed by atoms with Crippen molar-refractivity contribution in [2.75, 3.05) is 6.54 Å². The molecule has 17 heavy (non-hydrogen) atoms. The van der Waals surface area contributed by atoms with Gasteiger partial charge >= 0.3 is 1.43 Å². The highest BCUT2D eigenvalue weighted by Crippen LogP contribution is 2.21. The fraction of sp³-hybridized carbons (Fsp3) is 0.429. The van der Waals surface area contributed by atoms with Crippen molar-refractivity contribution in [2.45, 2.75) is 32.6 Å². The second kappa shape index (κ2) is 6.67. The Kier molecular flexibility index (Phi) is 5.52. The van der Waals surface area contributed by atoms with Crippen LogP contribution in [0.2, 0.25) is 0 Å². The van der Waals surface area contributed by atoms with Crippen LogP contribution in [0.15, 0.2) is 24.4 Å². The number of halogens is 1. The fourth-order valence-electron chi connectivity index (χ4n) is 2.12. The van der Waals surface area contributed by atoms with Gasteiger partial charge in [-0.3, -0.25) is 0 Å². The van der Waals surface area contributed by atoms with Gasteiger partial charge in [0, 0.05) is 17.1 Å². The van der Waals surface area contributed by atoms with Gasteiger partial charge in [0.2, 0.25) is 0 Å². The van der Waals surface area contributed by atoms with E-state index in [1.807, 2.05) is 0 Å². The third-order valence-corrected chi connectivity index (χ3v) is 3.06. The van der Waals surface area contributed by atoms with E-state index in [1.165, 1.54) is 41.3 Å². The van der Waals surface area contributed by atoms with Gasteiger partial charge in [0.25, 0.3) is 0 Å². The lowest BCUT2D eigenvalue weighted by molar-refractivity contribution is -0.00000348. The maximum absolute atomic E-state index is 5.62. The Balaban J connectivity index is 0.00000144. The van der Waals surface area contributed by atoms with E-state index in [2.05, 4.69) is 36.3 Å². The van der Waals surface area contributed by atoms with Gasteiger partial charge in [0.1, 0.15) is 0 Å². The van der Waals surface area contributed by atoms with Crippen molar-refractivity contribution in [1.82, 2.24) is 4.98 Å². The standard InChI is InChI=1S/C14H20N2.ClH/c1-2-3-4-11-5-6-14-13(9-11)12(7-8-15)10-16-14;/h5-6,9-10,16H,2-4,7-8,15H2,1H3;1H. The molecule has 94 valence electrons. The highest BCUT2D eigenvalue weighted by molar-refractivity contribution is 5.83. The lowest BCUT2D eigenvalue weighted by Crippen LogP contribution is -3.00. The van der Waals surface area contributed by atoms with Crippen LogP contribution in [-0.4, -0.2) is 11.5 Å². The average molecular weight is 253 g/mol. The van der Waals surface area contributed by atoms with Crippen molar-refractivity contribution in [3.05, 3.63) is 35.5 Å². The zero-order chi connectivity index (χ0) is 11.4. The number of aryl methyl sites for hydroxylation is 1. The van der Waals surface area contributed by atoms with Crippen molar-refractivity contribution >= 4 is 10.9 Å². The summed E-state index contributed by atoms with van der Waals surface area (Å²) in [6, 6.07) is 6.72. The molecular weight excluding hydrogens is 232 g/mol. The summed E-state index contributed by atoms with van der Waals surface area (Å²) in [6.45, 7) is 2.95. The molecule has 0 fully saturated rings. The number of unbranched alkanes of at least 4 members (excludes halogenated alkanes) is 1. The topological polar surface area (TPSA) is 41.8 Å². The Morgan fingerprint density at radius 1 is 1.29 bits per heavy atom. The molecule has 2 aromatic rings. The van der Waals surface area contributed by atoms with Crippen LogP contribution in [0.4, 0.5) is 0 Å². The van der Waals surface area contributed by atoms with Crippen LogP contribution in [0.3, 0.4) is 0 Å². The van der Waals surface area contributed by atoms with Crippen molar-refractivity contribution in [2.24, 2.45) is 5.73 Å². The lowest BCUT2D eigenvalue weighted by atomic mass is 10.0. The maximum Gasteiger partial charge on any atom is 1.00 e. The lowest BCUT2D eigenvalue weighted by Gasteiger charge is -2.01. The molecule has 2 nitrogen and oxygen atoms in total.